The molecular weight excluding hydrogens is 397 g/mol. The van der Waals surface area contributed by atoms with Crippen molar-refractivity contribution in [1.29, 1.82) is 0 Å². The molecule has 2 aromatic heterocycles. The number of rotatable bonds is 7. The van der Waals surface area contributed by atoms with Gasteiger partial charge in [0.2, 0.25) is 0 Å². The van der Waals surface area contributed by atoms with Crippen LogP contribution in [0, 0.1) is 12.7 Å². The Morgan fingerprint density at radius 1 is 1.23 bits per heavy atom. The van der Waals surface area contributed by atoms with Gasteiger partial charge in [-0.25, -0.2) is 4.39 Å². The number of aliphatic imine (C=N–C) groups is 1. The number of hydrogen-bond acceptors (Lipinski definition) is 4. The van der Waals surface area contributed by atoms with Gasteiger partial charge in [-0.15, -0.1) is 0 Å². The van der Waals surface area contributed by atoms with Crippen LogP contribution in [0.4, 0.5) is 4.39 Å². The van der Waals surface area contributed by atoms with Crippen LogP contribution >= 0.6 is 0 Å². The van der Waals surface area contributed by atoms with E-state index in [0.29, 0.717) is 13.1 Å². The first-order valence-electron chi connectivity index (χ1n) is 10.7. The molecule has 1 aliphatic rings. The summed E-state index contributed by atoms with van der Waals surface area (Å²) < 4.78 is 24.8. The highest BCUT2D eigenvalue weighted by atomic mass is 19.1. The average Bonchev–Trinajstić information content (AvgIpc) is 3.39. The minimum atomic E-state index is -0.231. The third kappa shape index (κ3) is 5.26. The Balaban J connectivity index is 1.34. The monoisotopic (exact) mass is 427 g/mol. The highest BCUT2D eigenvalue weighted by molar-refractivity contribution is 5.83. The summed E-state index contributed by atoms with van der Waals surface area (Å²) in [6, 6.07) is 9.00. The number of morpholine rings is 1. The summed E-state index contributed by atoms with van der Waals surface area (Å²) in [5.41, 5.74) is 1.97. The number of aromatic nitrogens is 1. The zero-order valence-electron chi connectivity index (χ0n) is 18.1. The number of halogens is 1. The predicted molar refractivity (Wildman–Crippen MR) is 120 cm³/mol. The number of hydrogen-bond donors (Lipinski definition) is 3. The molecule has 0 spiro atoms. The Kier molecular flexibility index (Phi) is 6.89. The van der Waals surface area contributed by atoms with Crippen molar-refractivity contribution in [1.82, 2.24) is 20.5 Å². The molecule has 3 aromatic rings. The molecular formula is C23H30FN5O2. The fourth-order valence-electron chi connectivity index (χ4n) is 4.03. The third-order valence-electron chi connectivity index (χ3n) is 5.68. The van der Waals surface area contributed by atoms with E-state index in [4.69, 9.17) is 9.15 Å². The molecule has 3 heterocycles. The number of benzene rings is 1. The van der Waals surface area contributed by atoms with Crippen LogP contribution in [0.2, 0.25) is 0 Å². The minimum Gasteiger partial charge on any atom is -0.465 e. The molecule has 1 aromatic carbocycles. The Labute approximate surface area is 181 Å². The van der Waals surface area contributed by atoms with E-state index in [1.807, 2.05) is 31.3 Å². The Morgan fingerprint density at radius 2 is 2.06 bits per heavy atom. The van der Waals surface area contributed by atoms with Crippen LogP contribution < -0.4 is 10.6 Å². The molecule has 0 aliphatic carbocycles. The number of guanidine groups is 1. The molecule has 1 fully saturated rings. The maximum Gasteiger partial charge on any atom is 0.191 e. The van der Waals surface area contributed by atoms with Gasteiger partial charge in [-0.3, -0.25) is 9.89 Å². The van der Waals surface area contributed by atoms with Gasteiger partial charge in [0.1, 0.15) is 17.3 Å². The number of nitrogens with zero attached hydrogens (tertiary/aromatic N) is 2. The zero-order chi connectivity index (χ0) is 21.6. The fourth-order valence-corrected chi connectivity index (χ4v) is 4.03. The topological polar surface area (TPSA) is 77.8 Å². The number of fused-ring (bicyclic) bond motifs is 1. The molecule has 4 rings (SSSR count). The predicted octanol–water partition coefficient (Wildman–Crippen LogP) is 2.99. The van der Waals surface area contributed by atoms with Gasteiger partial charge in [0.05, 0.1) is 19.3 Å². The average molecular weight is 428 g/mol. The van der Waals surface area contributed by atoms with Crippen LogP contribution in [-0.2, 0) is 11.2 Å². The SMILES string of the molecule is CN=C(NCCc1c[nH]c2cc(F)ccc12)NCC(c1ccc(C)o1)N1CCOCC1. The van der Waals surface area contributed by atoms with Crippen LogP contribution in [0.3, 0.4) is 0 Å². The highest BCUT2D eigenvalue weighted by Crippen LogP contribution is 2.23. The molecule has 8 heteroatoms. The molecule has 1 aliphatic heterocycles. The fraction of sp³-hybridized carbons (Fsp3) is 0.435. The van der Waals surface area contributed by atoms with Crippen molar-refractivity contribution < 1.29 is 13.5 Å². The second kappa shape index (κ2) is 9.98. The number of ether oxygens (including phenoxy) is 1. The lowest BCUT2D eigenvalue weighted by Crippen LogP contribution is -2.46. The number of H-pyrrole nitrogens is 1. The van der Waals surface area contributed by atoms with Crippen molar-refractivity contribution >= 4 is 16.9 Å². The molecule has 7 nitrogen and oxygen atoms in total. The van der Waals surface area contributed by atoms with E-state index in [9.17, 15) is 4.39 Å². The lowest BCUT2D eigenvalue weighted by atomic mass is 10.1. The molecule has 0 bridgehead atoms. The first-order chi connectivity index (χ1) is 15.1. The molecule has 166 valence electrons. The Bertz CT molecular complexity index is 1020. The molecule has 1 atom stereocenters. The lowest BCUT2D eigenvalue weighted by molar-refractivity contribution is 0.0124. The molecule has 1 saturated heterocycles. The molecule has 0 radical (unpaired) electrons. The Hall–Kier alpha value is -2.84. The van der Waals surface area contributed by atoms with Crippen molar-refractivity contribution in [3.05, 3.63) is 59.4 Å². The quantitative estimate of drug-likeness (QED) is 0.399. The van der Waals surface area contributed by atoms with Gasteiger partial charge in [0.25, 0.3) is 0 Å². The van der Waals surface area contributed by atoms with Crippen LogP contribution in [0.1, 0.15) is 23.1 Å². The molecule has 3 N–H and O–H groups in total. The number of aromatic amines is 1. The molecule has 31 heavy (non-hydrogen) atoms. The third-order valence-corrected chi connectivity index (χ3v) is 5.68. The number of aryl methyl sites for hydroxylation is 1. The summed E-state index contributed by atoms with van der Waals surface area (Å²) in [6.45, 7) is 6.58. The summed E-state index contributed by atoms with van der Waals surface area (Å²) in [5, 5.41) is 7.86. The summed E-state index contributed by atoms with van der Waals surface area (Å²) >= 11 is 0. The van der Waals surface area contributed by atoms with Gasteiger partial charge >= 0.3 is 0 Å². The van der Waals surface area contributed by atoms with Crippen molar-refractivity contribution in [3.63, 3.8) is 0 Å². The van der Waals surface area contributed by atoms with Crippen LogP contribution in [-0.4, -0.2) is 62.3 Å². The standard InChI is InChI=1S/C23H30FN5O2/c1-16-3-6-22(31-16)21(29-9-11-30-12-10-29)15-28-23(25-2)26-8-7-17-14-27-20-13-18(24)4-5-19(17)20/h3-6,13-14,21,27H,7-12,15H2,1-2H3,(H2,25,26,28). The van der Waals surface area contributed by atoms with E-state index in [0.717, 1.165) is 66.7 Å². The summed E-state index contributed by atoms with van der Waals surface area (Å²) in [4.78, 5) is 9.88. The van der Waals surface area contributed by atoms with Gasteiger partial charge < -0.3 is 24.8 Å². The zero-order valence-corrected chi connectivity index (χ0v) is 18.1. The minimum absolute atomic E-state index is 0.111. The van der Waals surface area contributed by atoms with Crippen LogP contribution in [0.5, 0.6) is 0 Å². The van der Waals surface area contributed by atoms with E-state index in [1.54, 1.807) is 7.05 Å². The second-order valence-electron chi connectivity index (χ2n) is 7.75. The van der Waals surface area contributed by atoms with E-state index in [1.165, 1.54) is 12.1 Å². The van der Waals surface area contributed by atoms with Crippen molar-refractivity contribution in [2.24, 2.45) is 4.99 Å². The first-order valence-corrected chi connectivity index (χ1v) is 10.7. The maximum atomic E-state index is 13.4. The van der Waals surface area contributed by atoms with Crippen LogP contribution in [0.25, 0.3) is 10.9 Å². The number of furan rings is 1. The van der Waals surface area contributed by atoms with Gasteiger partial charge in [-0.2, -0.15) is 0 Å². The molecule has 1 unspecified atom stereocenters. The van der Waals surface area contributed by atoms with Crippen LogP contribution in [0.15, 0.2) is 45.9 Å². The van der Waals surface area contributed by atoms with Gasteiger partial charge in [-0.05, 0) is 49.2 Å². The molecule has 0 saturated carbocycles. The van der Waals surface area contributed by atoms with Crippen molar-refractivity contribution in [2.75, 3.05) is 46.4 Å². The number of nitrogens with one attached hydrogen (secondary N) is 3. The lowest BCUT2D eigenvalue weighted by Gasteiger charge is -2.33. The Morgan fingerprint density at radius 3 is 2.81 bits per heavy atom. The summed E-state index contributed by atoms with van der Waals surface area (Å²) in [7, 11) is 1.77. The van der Waals surface area contributed by atoms with E-state index in [2.05, 4.69) is 25.5 Å². The van der Waals surface area contributed by atoms with Gasteiger partial charge in [0, 0.05) is 50.3 Å². The maximum absolute atomic E-state index is 13.4. The van der Waals surface area contributed by atoms with E-state index < -0.39 is 0 Å². The van der Waals surface area contributed by atoms with E-state index in [-0.39, 0.29) is 11.9 Å². The van der Waals surface area contributed by atoms with Crippen molar-refractivity contribution in [3.8, 4) is 0 Å². The second-order valence-corrected chi connectivity index (χ2v) is 7.75. The first kappa shape index (κ1) is 21.4. The van der Waals surface area contributed by atoms with E-state index >= 15 is 0 Å². The normalized spacial score (nSPS) is 16.5. The summed E-state index contributed by atoms with van der Waals surface area (Å²) in [5.74, 6) is 2.38. The largest absolute Gasteiger partial charge is 0.465 e. The molecule has 0 amide bonds. The highest BCUT2D eigenvalue weighted by Gasteiger charge is 2.25. The van der Waals surface area contributed by atoms with Crippen molar-refractivity contribution in [2.45, 2.75) is 19.4 Å². The van der Waals surface area contributed by atoms with Gasteiger partial charge in [-0.1, -0.05) is 0 Å². The smallest absolute Gasteiger partial charge is 0.191 e. The summed E-state index contributed by atoms with van der Waals surface area (Å²) in [6.07, 6.45) is 2.74. The van der Waals surface area contributed by atoms with Gasteiger partial charge in [0.15, 0.2) is 5.96 Å².